The van der Waals surface area contributed by atoms with E-state index in [-0.39, 0.29) is 48.4 Å². The van der Waals surface area contributed by atoms with Crippen molar-refractivity contribution in [2.24, 2.45) is 11.8 Å². The number of carbonyl (C=O) groups excluding carboxylic acids is 2. The van der Waals surface area contributed by atoms with Gasteiger partial charge in [0.2, 0.25) is 17.8 Å². The summed E-state index contributed by atoms with van der Waals surface area (Å²) in [4.78, 5) is 38.8. The number of nitrogens with one attached hydrogen (secondary N) is 2. The summed E-state index contributed by atoms with van der Waals surface area (Å²) in [6, 6.07) is 25.3. The van der Waals surface area contributed by atoms with Crippen LogP contribution in [0.3, 0.4) is 0 Å². The van der Waals surface area contributed by atoms with Gasteiger partial charge in [-0.25, -0.2) is 4.98 Å². The molecule has 5 aromatic rings. The molecule has 1 fully saturated rings. The molecule has 0 aliphatic carbocycles. The van der Waals surface area contributed by atoms with Gasteiger partial charge in [-0.3, -0.25) is 19.5 Å². The Kier molecular flexibility index (Phi) is 10.8. The van der Waals surface area contributed by atoms with Crippen molar-refractivity contribution in [2.45, 2.75) is 58.2 Å². The van der Waals surface area contributed by atoms with Crippen molar-refractivity contribution in [3.8, 4) is 11.5 Å². The maximum atomic E-state index is 12.7. The zero-order valence-corrected chi connectivity index (χ0v) is 30.1. The van der Waals surface area contributed by atoms with Crippen LogP contribution in [0, 0.1) is 11.8 Å². The number of aromatic nitrogens is 4. The minimum atomic E-state index is -1.11. The van der Waals surface area contributed by atoms with E-state index in [1.807, 2.05) is 78.9 Å². The third-order valence-electron chi connectivity index (χ3n) is 9.10. The van der Waals surface area contributed by atoms with Gasteiger partial charge in [0.05, 0.1) is 33.3 Å². The van der Waals surface area contributed by atoms with Crippen LogP contribution < -0.4 is 20.1 Å². The third kappa shape index (κ3) is 7.33. The molecule has 0 saturated carbocycles. The van der Waals surface area contributed by atoms with E-state index in [1.165, 1.54) is 6.33 Å². The van der Waals surface area contributed by atoms with Gasteiger partial charge in [-0.1, -0.05) is 82.3 Å². The number of aliphatic hydroxyl groups excluding tert-OH is 1. The van der Waals surface area contributed by atoms with E-state index < -0.39 is 24.0 Å². The molecule has 1 aliphatic heterocycles. The number of hydrogen-bond acceptors (Lipinski definition) is 10. The topological polar surface area (TPSA) is 159 Å². The van der Waals surface area contributed by atoms with Crippen LogP contribution >= 0.6 is 0 Å². The second kappa shape index (κ2) is 15.5. The fourth-order valence-corrected chi connectivity index (χ4v) is 6.10. The molecule has 6 rings (SSSR count). The number of carbonyl (C=O) groups is 2. The summed E-state index contributed by atoms with van der Waals surface area (Å²) < 4.78 is 26.1. The average Bonchev–Trinajstić information content (AvgIpc) is 3.75. The van der Waals surface area contributed by atoms with Gasteiger partial charge in [-0.2, -0.15) is 9.97 Å². The van der Waals surface area contributed by atoms with Crippen LogP contribution in [0.1, 0.15) is 57.0 Å². The molecule has 13 nitrogen and oxygen atoms in total. The number of hydrogen-bond donors (Lipinski definition) is 3. The SMILES string of the molecule is COc1ccc(C(OC[C@H]2O[C@@H](n3cnc4c(NC(=O)C(C)C)nc(NC(=O)C(C)C)nc43)C[C@@H]2O)(c2ccccc2)c2ccc(OC)cc2)cc1. The monoisotopic (exact) mass is 708 g/mol. The van der Waals surface area contributed by atoms with Crippen molar-refractivity contribution in [3.05, 3.63) is 102 Å². The predicted molar refractivity (Wildman–Crippen MR) is 195 cm³/mol. The van der Waals surface area contributed by atoms with Gasteiger partial charge in [-0.05, 0) is 41.0 Å². The summed E-state index contributed by atoms with van der Waals surface area (Å²) >= 11 is 0. The molecule has 272 valence electrons. The van der Waals surface area contributed by atoms with Crippen molar-refractivity contribution < 1.29 is 33.6 Å². The molecule has 0 spiro atoms. The van der Waals surface area contributed by atoms with Crippen LogP contribution in [-0.4, -0.2) is 69.5 Å². The molecule has 13 heteroatoms. The number of rotatable bonds is 13. The molecule has 3 aromatic carbocycles. The molecule has 0 radical (unpaired) electrons. The van der Waals surface area contributed by atoms with Crippen LogP contribution in [0.4, 0.5) is 11.8 Å². The lowest BCUT2D eigenvalue weighted by molar-refractivity contribution is -0.119. The molecule has 3 atom stereocenters. The van der Waals surface area contributed by atoms with E-state index in [2.05, 4.69) is 25.6 Å². The molecule has 2 amide bonds. The van der Waals surface area contributed by atoms with Crippen molar-refractivity contribution in [2.75, 3.05) is 31.5 Å². The Bertz CT molecular complexity index is 1950. The van der Waals surface area contributed by atoms with E-state index in [4.69, 9.17) is 18.9 Å². The average molecular weight is 709 g/mol. The summed E-state index contributed by atoms with van der Waals surface area (Å²) in [5.74, 6) is 0.368. The number of methoxy groups -OCH3 is 2. The summed E-state index contributed by atoms with van der Waals surface area (Å²) in [7, 11) is 3.24. The van der Waals surface area contributed by atoms with Crippen LogP contribution in [0.5, 0.6) is 11.5 Å². The van der Waals surface area contributed by atoms with Crippen molar-refractivity contribution in [1.29, 1.82) is 0 Å². The van der Waals surface area contributed by atoms with Crippen LogP contribution in [0.2, 0.25) is 0 Å². The lowest BCUT2D eigenvalue weighted by Crippen LogP contribution is -2.38. The number of amides is 2. The Labute approximate surface area is 302 Å². The Hall–Kier alpha value is -5.37. The number of anilines is 2. The summed E-state index contributed by atoms with van der Waals surface area (Å²) in [5.41, 5.74) is 2.09. The second-order valence-corrected chi connectivity index (χ2v) is 13.3. The van der Waals surface area contributed by atoms with Gasteiger partial charge < -0.3 is 29.4 Å². The van der Waals surface area contributed by atoms with E-state index >= 15 is 0 Å². The Morgan fingerprint density at radius 3 is 1.96 bits per heavy atom. The number of benzene rings is 3. The zero-order chi connectivity index (χ0) is 37.0. The fraction of sp³-hybridized carbons (Fsp3) is 0.359. The first-order valence-corrected chi connectivity index (χ1v) is 17.2. The molecule has 0 bridgehead atoms. The van der Waals surface area contributed by atoms with Gasteiger partial charge >= 0.3 is 0 Å². The zero-order valence-electron chi connectivity index (χ0n) is 30.1. The lowest BCUT2D eigenvalue weighted by atomic mass is 9.80. The van der Waals surface area contributed by atoms with Gasteiger partial charge in [0, 0.05) is 18.3 Å². The summed E-state index contributed by atoms with van der Waals surface area (Å²) in [5, 5.41) is 16.9. The molecule has 3 N–H and O–H groups in total. The minimum absolute atomic E-state index is 0.0112. The smallest absolute Gasteiger partial charge is 0.233 e. The minimum Gasteiger partial charge on any atom is -0.497 e. The van der Waals surface area contributed by atoms with Gasteiger partial charge in [-0.15, -0.1) is 0 Å². The first-order chi connectivity index (χ1) is 25.0. The molecule has 2 aromatic heterocycles. The number of nitrogens with zero attached hydrogens (tertiary/aromatic N) is 4. The van der Waals surface area contributed by atoms with Crippen molar-refractivity contribution >= 4 is 34.7 Å². The predicted octanol–water partition coefficient (Wildman–Crippen LogP) is 5.69. The second-order valence-electron chi connectivity index (χ2n) is 13.3. The maximum absolute atomic E-state index is 12.7. The van der Waals surface area contributed by atoms with Crippen LogP contribution in [0.25, 0.3) is 11.2 Å². The normalized spacial score (nSPS) is 17.4. The molecular formula is C39H44N6O7. The van der Waals surface area contributed by atoms with E-state index in [9.17, 15) is 14.7 Å². The summed E-state index contributed by atoms with van der Waals surface area (Å²) in [6.45, 7) is 7.05. The van der Waals surface area contributed by atoms with E-state index in [1.54, 1.807) is 46.5 Å². The van der Waals surface area contributed by atoms with E-state index in [0.29, 0.717) is 22.7 Å². The highest BCUT2D eigenvalue weighted by atomic mass is 16.6. The standard InChI is InChI=1S/C39H44N6O7/c1-23(2)36(47)41-34-33-35(43-38(42-34)44-37(48)24(3)4)45(22-40-33)32-20-30(46)31(52-32)21-51-39(25-10-8-7-9-11-25,26-12-16-28(49-5)17-13-26)27-14-18-29(50-6)19-15-27/h7-19,22-24,30-32,46H,20-21H2,1-6H3,(H2,41,42,43,44,47,48)/t30-,31+,32+/m0/s1. The highest BCUT2D eigenvalue weighted by Crippen LogP contribution is 2.43. The molecule has 3 heterocycles. The third-order valence-corrected chi connectivity index (χ3v) is 9.10. The van der Waals surface area contributed by atoms with Crippen LogP contribution in [0.15, 0.2) is 85.2 Å². The van der Waals surface area contributed by atoms with Gasteiger partial charge in [0.25, 0.3) is 0 Å². The fourth-order valence-electron chi connectivity index (χ4n) is 6.10. The largest absolute Gasteiger partial charge is 0.497 e. The molecule has 52 heavy (non-hydrogen) atoms. The first kappa shape index (κ1) is 36.4. The first-order valence-electron chi connectivity index (χ1n) is 17.2. The summed E-state index contributed by atoms with van der Waals surface area (Å²) in [6.07, 6.45) is -0.622. The van der Waals surface area contributed by atoms with Crippen LogP contribution in [-0.2, 0) is 24.7 Å². The highest BCUT2D eigenvalue weighted by molar-refractivity contribution is 5.99. The van der Waals surface area contributed by atoms with Crippen molar-refractivity contribution in [3.63, 3.8) is 0 Å². The molecule has 1 aliphatic rings. The molecular weight excluding hydrogens is 664 g/mol. The number of aliphatic hydroxyl groups is 1. The van der Waals surface area contributed by atoms with Gasteiger partial charge in [0.1, 0.15) is 29.4 Å². The quantitative estimate of drug-likeness (QED) is 0.130. The Morgan fingerprint density at radius 2 is 1.40 bits per heavy atom. The maximum Gasteiger partial charge on any atom is 0.233 e. The highest BCUT2D eigenvalue weighted by Gasteiger charge is 2.42. The number of fused-ring (bicyclic) bond motifs is 1. The number of ether oxygens (including phenoxy) is 4. The Morgan fingerprint density at radius 1 is 0.846 bits per heavy atom. The lowest BCUT2D eigenvalue weighted by Gasteiger charge is -2.37. The molecule has 0 unspecified atom stereocenters. The Balaban J connectivity index is 1.35. The van der Waals surface area contributed by atoms with Gasteiger partial charge in [0.15, 0.2) is 17.0 Å². The molecule has 1 saturated heterocycles. The van der Waals surface area contributed by atoms with Crippen molar-refractivity contribution in [1.82, 2.24) is 19.5 Å². The van der Waals surface area contributed by atoms with E-state index in [0.717, 1.165) is 16.7 Å². The number of imidazole rings is 1.